The second-order valence-corrected chi connectivity index (χ2v) is 14.2. The van der Waals surface area contributed by atoms with Gasteiger partial charge in [0.1, 0.15) is 0 Å². The van der Waals surface area contributed by atoms with Crippen LogP contribution in [0, 0.1) is 0 Å². The SMILES string of the molecule is CC(C)(C)c1cnc(-n2c3ccccc3c3cc(-c4ccc5c(c4)c4ccccc4n5-c4ncc(C(C)(C)C)cn4)ccc32)nc1. The lowest BCUT2D eigenvalue weighted by atomic mass is 9.89. The molecule has 0 spiro atoms. The second kappa shape index (κ2) is 10.1. The highest BCUT2D eigenvalue weighted by Gasteiger charge is 2.20. The molecule has 46 heavy (non-hydrogen) atoms. The first-order valence-corrected chi connectivity index (χ1v) is 15.8. The van der Waals surface area contributed by atoms with Gasteiger partial charge in [-0.1, -0.05) is 90.1 Å². The molecule has 0 fully saturated rings. The van der Waals surface area contributed by atoms with Crippen LogP contribution in [0.2, 0.25) is 0 Å². The molecule has 4 heterocycles. The predicted octanol–water partition coefficient (Wildman–Crippen LogP) is 9.72. The van der Waals surface area contributed by atoms with Crippen LogP contribution in [-0.4, -0.2) is 29.1 Å². The summed E-state index contributed by atoms with van der Waals surface area (Å²) in [6, 6.07) is 30.4. The van der Waals surface area contributed by atoms with Gasteiger partial charge in [-0.25, -0.2) is 19.9 Å². The largest absolute Gasteiger partial charge is 0.278 e. The Bertz CT molecular complexity index is 2240. The number of hydrogen-bond donors (Lipinski definition) is 0. The van der Waals surface area contributed by atoms with Gasteiger partial charge in [0.2, 0.25) is 11.9 Å². The van der Waals surface area contributed by atoms with Gasteiger partial charge in [0.15, 0.2) is 0 Å². The normalized spacial score (nSPS) is 12.6. The van der Waals surface area contributed by atoms with Crippen LogP contribution < -0.4 is 0 Å². The minimum absolute atomic E-state index is 0.00836. The molecule has 0 aliphatic carbocycles. The third-order valence-electron chi connectivity index (χ3n) is 9.09. The van der Waals surface area contributed by atoms with E-state index in [1.165, 1.54) is 21.5 Å². The summed E-state index contributed by atoms with van der Waals surface area (Å²) in [5, 5.41) is 4.70. The zero-order valence-corrected chi connectivity index (χ0v) is 27.1. The van der Waals surface area contributed by atoms with E-state index in [0.29, 0.717) is 11.9 Å². The molecule has 0 saturated heterocycles. The number of nitrogens with zero attached hydrogens (tertiary/aromatic N) is 6. The molecule has 0 bridgehead atoms. The summed E-state index contributed by atoms with van der Waals surface area (Å²) in [6.45, 7) is 13.1. The molecule has 4 aromatic heterocycles. The second-order valence-electron chi connectivity index (χ2n) is 14.2. The quantitative estimate of drug-likeness (QED) is 0.203. The monoisotopic (exact) mass is 600 g/mol. The minimum Gasteiger partial charge on any atom is -0.278 e. The fourth-order valence-corrected chi connectivity index (χ4v) is 6.38. The Kier molecular flexibility index (Phi) is 6.16. The topological polar surface area (TPSA) is 61.4 Å². The number of fused-ring (bicyclic) bond motifs is 6. The summed E-state index contributed by atoms with van der Waals surface area (Å²) in [6.07, 6.45) is 7.81. The Morgan fingerprint density at radius 2 is 0.761 bits per heavy atom. The zero-order valence-electron chi connectivity index (χ0n) is 27.1. The van der Waals surface area contributed by atoms with Gasteiger partial charge in [-0.2, -0.15) is 0 Å². The first kappa shape index (κ1) is 28.1. The van der Waals surface area contributed by atoms with Crippen molar-refractivity contribution in [1.29, 1.82) is 0 Å². The van der Waals surface area contributed by atoms with E-state index < -0.39 is 0 Å². The summed E-state index contributed by atoms with van der Waals surface area (Å²) in [5.74, 6) is 1.36. The number of hydrogen-bond acceptors (Lipinski definition) is 4. The van der Waals surface area contributed by atoms with Gasteiger partial charge < -0.3 is 0 Å². The average Bonchev–Trinajstić information content (AvgIpc) is 3.56. The van der Waals surface area contributed by atoms with Crippen molar-refractivity contribution in [1.82, 2.24) is 29.1 Å². The Balaban J connectivity index is 1.27. The Morgan fingerprint density at radius 1 is 0.413 bits per heavy atom. The van der Waals surface area contributed by atoms with Crippen molar-refractivity contribution in [2.24, 2.45) is 0 Å². The van der Waals surface area contributed by atoms with Crippen LogP contribution >= 0.6 is 0 Å². The maximum atomic E-state index is 4.81. The molecule has 0 N–H and O–H groups in total. The van der Waals surface area contributed by atoms with E-state index in [9.17, 15) is 0 Å². The van der Waals surface area contributed by atoms with Gasteiger partial charge in [0, 0.05) is 46.3 Å². The maximum absolute atomic E-state index is 4.81. The third-order valence-corrected chi connectivity index (χ3v) is 9.09. The number of benzene rings is 4. The lowest BCUT2D eigenvalue weighted by molar-refractivity contribution is 0.583. The lowest BCUT2D eigenvalue weighted by Gasteiger charge is -2.18. The van der Waals surface area contributed by atoms with Crippen LogP contribution in [0.15, 0.2) is 110 Å². The summed E-state index contributed by atoms with van der Waals surface area (Å²) >= 11 is 0. The molecule has 8 rings (SSSR count). The highest BCUT2D eigenvalue weighted by Crippen LogP contribution is 2.37. The molecular formula is C40H36N6. The summed E-state index contributed by atoms with van der Waals surface area (Å²) in [5.41, 5.74) is 8.88. The van der Waals surface area contributed by atoms with Gasteiger partial charge in [0.25, 0.3) is 0 Å². The Labute approximate surface area is 268 Å². The van der Waals surface area contributed by atoms with Crippen LogP contribution in [-0.2, 0) is 10.8 Å². The van der Waals surface area contributed by atoms with E-state index in [1.807, 2.05) is 24.8 Å². The van der Waals surface area contributed by atoms with Crippen molar-refractivity contribution in [2.75, 3.05) is 0 Å². The van der Waals surface area contributed by atoms with E-state index in [0.717, 1.165) is 44.3 Å². The summed E-state index contributed by atoms with van der Waals surface area (Å²) < 4.78 is 4.34. The molecule has 0 amide bonds. The molecule has 0 aliphatic rings. The lowest BCUT2D eigenvalue weighted by Crippen LogP contribution is -2.13. The summed E-state index contributed by atoms with van der Waals surface area (Å²) in [7, 11) is 0. The van der Waals surface area contributed by atoms with Crippen molar-refractivity contribution in [3.05, 3.63) is 121 Å². The fraction of sp³-hybridized carbons (Fsp3) is 0.200. The Morgan fingerprint density at radius 3 is 1.13 bits per heavy atom. The molecule has 8 aromatic rings. The highest BCUT2D eigenvalue weighted by atomic mass is 15.2. The third kappa shape index (κ3) is 4.47. The molecule has 226 valence electrons. The first-order valence-electron chi connectivity index (χ1n) is 15.8. The number of aromatic nitrogens is 6. The standard InChI is InChI=1S/C40H36N6/c1-39(2,3)27-21-41-37(42-22-27)45-33-13-9-7-11-29(33)31-19-25(15-17-35(31)45)26-16-18-36-32(20-26)30-12-8-10-14-34(30)46(36)38-43-23-28(24-44-38)40(4,5)6/h7-24H,1-6H3. The van der Waals surface area contributed by atoms with Gasteiger partial charge >= 0.3 is 0 Å². The molecule has 4 aromatic carbocycles. The first-order chi connectivity index (χ1) is 22.1. The average molecular weight is 601 g/mol. The van der Waals surface area contributed by atoms with Crippen LogP contribution in [0.5, 0.6) is 0 Å². The maximum Gasteiger partial charge on any atom is 0.234 e. The van der Waals surface area contributed by atoms with E-state index in [2.05, 4.69) is 136 Å². The van der Waals surface area contributed by atoms with Crippen molar-refractivity contribution < 1.29 is 0 Å². The van der Waals surface area contributed by atoms with Crippen LogP contribution in [0.3, 0.4) is 0 Å². The number of rotatable bonds is 3. The molecule has 6 nitrogen and oxygen atoms in total. The minimum atomic E-state index is -0.00836. The Hall–Kier alpha value is -5.36. The molecule has 0 radical (unpaired) electrons. The smallest absolute Gasteiger partial charge is 0.234 e. The van der Waals surface area contributed by atoms with Crippen molar-refractivity contribution >= 4 is 43.6 Å². The molecule has 0 saturated carbocycles. The van der Waals surface area contributed by atoms with Crippen molar-refractivity contribution in [3.63, 3.8) is 0 Å². The summed E-state index contributed by atoms with van der Waals surface area (Å²) in [4.78, 5) is 19.3. The molecular weight excluding hydrogens is 564 g/mol. The zero-order chi connectivity index (χ0) is 31.8. The van der Waals surface area contributed by atoms with Crippen LogP contribution in [0.4, 0.5) is 0 Å². The van der Waals surface area contributed by atoms with Gasteiger partial charge in [-0.3, -0.25) is 9.13 Å². The van der Waals surface area contributed by atoms with Crippen molar-refractivity contribution in [2.45, 2.75) is 52.4 Å². The predicted molar refractivity (Wildman–Crippen MR) is 189 cm³/mol. The van der Waals surface area contributed by atoms with E-state index in [4.69, 9.17) is 19.9 Å². The van der Waals surface area contributed by atoms with E-state index in [1.54, 1.807) is 0 Å². The highest BCUT2D eigenvalue weighted by molar-refractivity contribution is 6.12. The van der Waals surface area contributed by atoms with Crippen molar-refractivity contribution in [3.8, 4) is 23.0 Å². The molecule has 0 atom stereocenters. The molecule has 0 aliphatic heterocycles. The fourth-order valence-electron chi connectivity index (χ4n) is 6.38. The van der Waals surface area contributed by atoms with Gasteiger partial charge in [-0.15, -0.1) is 0 Å². The van der Waals surface area contributed by atoms with Crippen LogP contribution in [0.1, 0.15) is 52.7 Å². The molecule has 6 heteroatoms. The van der Waals surface area contributed by atoms with E-state index in [-0.39, 0.29) is 10.8 Å². The molecule has 0 unspecified atom stereocenters. The van der Waals surface area contributed by atoms with Gasteiger partial charge in [0.05, 0.1) is 22.1 Å². The number of para-hydroxylation sites is 2. The van der Waals surface area contributed by atoms with Crippen LogP contribution in [0.25, 0.3) is 66.6 Å². The van der Waals surface area contributed by atoms with Gasteiger partial charge in [-0.05, 0) is 69.5 Å². The van der Waals surface area contributed by atoms with E-state index >= 15 is 0 Å².